The quantitative estimate of drug-likeness (QED) is 0.850. The number of carbonyl (C=O) groups is 1. The van der Waals surface area contributed by atoms with Gasteiger partial charge < -0.3 is 5.32 Å². The zero-order valence-corrected chi connectivity index (χ0v) is 10.6. The Morgan fingerprint density at radius 3 is 2.60 bits per heavy atom. The molecule has 0 aromatic carbocycles. The van der Waals surface area contributed by atoms with Crippen LogP contribution in [0.3, 0.4) is 0 Å². The molecule has 0 aliphatic carbocycles. The second kappa shape index (κ2) is 4.70. The lowest BCUT2D eigenvalue weighted by Gasteiger charge is -2.15. The van der Waals surface area contributed by atoms with Crippen LogP contribution in [0.4, 0.5) is 0 Å². The Balaban J connectivity index is 2.51. The van der Waals surface area contributed by atoms with Crippen LogP contribution in [0.15, 0.2) is 12.1 Å². The molecule has 1 rings (SSSR count). The second-order valence-electron chi connectivity index (χ2n) is 3.82. The fourth-order valence-electron chi connectivity index (χ4n) is 0.902. The maximum Gasteiger partial charge on any atom is 0.236 e. The van der Waals surface area contributed by atoms with Crippen molar-refractivity contribution in [2.75, 3.05) is 0 Å². The molecule has 0 bridgehead atoms. The second-order valence-corrected chi connectivity index (χ2v) is 5.80. The predicted molar refractivity (Wildman–Crippen MR) is 61.6 cm³/mol. The molecule has 0 atom stereocenters. The van der Waals surface area contributed by atoms with Gasteiger partial charge in [-0.3, -0.25) is 4.79 Å². The molecule has 1 aromatic rings. The van der Waals surface area contributed by atoms with E-state index in [1.807, 2.05) is 19.1 Å². The maximum atomic E-state index is 11.5. The number of nitrogens with one attached hydrogen (secondary N) is 1. The Morgan fingerprint density at radius 1 is 1.47 bits per heavy atom. The van der Waals surface area contributed by atoms with Gasteiger partial charge in [-0.15, -0.1) is 0 Å². The standard InChI is InChI=1S/C10H14BrN3O/c1-7-4-5-8(14-13-7)6-12-9(15)10(2,3)11/h4-5H,6H2,1-3H3,(H,12,15). The summed E-state index contributed by atoms with van der Waals surface area (Å²) in [6, 6.07) is 3.72. The van der Waals surface area contributed by atoms with Gasteiger partial charge in [0.05, 0.1) is 22.3 Å². The SMILES string of the molecule is Cc1ccc(CNC(=O)C(C)(C)Br)nn1. The van der Waals surface area contributed by atoms with E-state index >= 15 is 0 Å². The highest BCUT2D eigenvalue weighted by Gasteiger charge is 2.22. The smallest absolute Gasteiger partial charge is 0.236 e. The van der Waals surface area contributed by atoms with Crippen molar-refractivity contribution >= 4 is 21.8 Å². The van der Waals surface area contributed by atoms with Crippen molar-refractivity contribution in [1.29, 1.82) is 0 Å². The first kappa shape index (κ1) is 12.1. The van der Waals surface area contributed by atoms with E-state index < -0.39 is 4.32 Å². The molecule has 1 amide bonds. The molecule has 0 aliphatic heterocycles. The number of hydrogen-bond donors (Lipinski definition) is 1. The number of carbonyl (C=O) groups excluding carboxylic acids is 1. The summed E-state index contributed by atoms with van der Waals surface area (Å²) >= 11 is 3.28. The molecule has 1 N–H and O–H groups in total. The first-order valence-electron chi connectivity index (χ1n) is 4.66. The Labute approximate surface area is 97.6 Å². The van der Waals surface area contributed by atoms with Crippen LogP contribution in [0.5, 0.6) is 0 Å². The first-order chi connectivity index (χ1) is 6.89. The van der Waals surface area contributed by atoms with E-state index in [1.165, 1.54) is 0 Å². The number of hydrogen-bond acceptors (Lipinski definition) is 3. The molecular formula is C10H14BrN3O. The van der Waals surface area contributed by atoms with Gasteiger partial charge >= 0.3 is 0 Å². The maximum absolute atomic E-state index is 11.5. The van der Waals surface area contributed by atoms with E-state index in [1.54, 1.807) is 13.8 Å². The van der Waals surface area contributed by atoms with Crippen molar-refractivity contribution in [1.82, 2.24) is 15.5 Å². The average molecular weight is 272 g/mol. The number of aromatic nitrogens is 2. The molecule has 15 heavy (non-hydrogen) atoms. The Bertz CT molecular complexity index is 343. The van der Waals surface area contributed by atoms with Gasteiger partial charge in [0.2, 0.25) is 5.91 Å². The molecule has 0 saturated carbocycles. The molecule has 0 spiro atoms. The highest BCUT2D eigenvalue weighted by Crippen LogP contribution is 2.15. The highest BCUT2D eigenvalue weighted by molar-refractivity contribution is 9.10. The molecule has 5 heteroatoms. The summed E-state index contributed by atoms with van der Waals surface area (Å²) in [5.41, 5.74) is 1.62. The lowest BCUT2D eigenvalue weighted by atomic mass is 10.2. The highest BCUT2D eigenvalue weighted by atomic mass is 79.9. The fraction of sp³-hybridized carbons (Fsp3) is 0.500. The number of halogens is 1. The zero-order chi connectivity index (χ0) is 11.5. The van der Waals surface area contributed by atoms with E-state index in [0.29, 0.717) is 6.54 Å². The molecule has 0 aliphatic rings. The van der Waals surface area contributed by atoms with Gasteiger partial charge in [-0.2, -0.15) is 10.2 Å². The average Bonchev–Trinajstić information content (AvgIpc) is 2.15. The summed E-state index contributed by atoms with van der Waals surface area (Å²) in [5.74, 6) is -0.0649. The number of alkyl halides is 1. The molecule has 0 fully saturated rings. The zero-order valence-electron chi connectivity index (χ0n) is 9.04. The van der Waals surface area contributed by atoms with Crippen LogP contribution in [0.25, 0.3) is 0 Å². The predicted octanol–water partition coefficient (Wildman–Crippen LogP) is 1.57. The van der Waals surface area contributed by atoms with Crippen molar-refractivity contribution in [2.45, 2.75) is 31.6 Å². The minimum atomic E-state index is -0.550. The Morgan fingerprint density at radius 2 is 2.13 bits per heavy atom. The molecule has 82 valence electrons. The van der Waals surface area contributed by atoms with Crippen LogP contribution in [0.2, 0.25) is 0 Å². The van der Waals surface area contributed by atoms with E-state index in [-0.39, 0.29) is 5.91 Å². The van der Waals surface area contributed by atoms with Crippen LogP contribution in [0.1, 0.15) is 25.2 Å². The van der Waals surface area contributed by atoms with Crippen molar-refractivity contribution in [3.05, 3.63) is 23.5 Å². The van der Waals surface area contributed by atoms with Gasteiger partial charge in [-0.25, -0.2) is 0 Å². The molecule has 0 radical (unpaired) electrons. The first-order valence-corrected chi connectivity index (χ1v) is 5.45. The number of aryl methyl sites for hydroxylation is 1. The largest absolute Gasteiger partial charge is 0.349 e. The van der Waals surface area contributed by atoms with Gasteiger partial charge in [-0.05, 0) is 32.9 Å². The van der Waals surface area contributed by atoms with E-state index in [9.17, 15) is 4.79 Å². The van der Waals surface area contributed by atoms with Crippen LogP contribution in [-0.2, 0) is 11.3 Å². The molecule has 0 saturated heterocycles. The summed E-state index contributed by atoms with van der Waals surface area (Å²) in [6.07, 6.45) is 0. The fourth-order valence-corrected chi connectivity index (χ4v) is 1.04. The minimum absolute atomic E-state index is 0.0649. The third-order valence-corrected chi connectivity index (χ3v) is 2.18. The summed E-state index contributed by atoms with van der Waals surface area (Å²) in [7, 11) is 0. The van der Waals surface area contributed by atoms with Crippen molar-refractivity contribution in [3.63, 3.8) is 0 Å². The van der Waals surface area contributed by atoms with E-state index in [2.05, 4.69) is 31.4 Å². The van der Waals surface area contributed by atoms with Crippen molar-refractivity contribution in [2.24, 2.45) is 0 Å². The van der Waals surface area contributed by atoms with Gasteiger partial charge in [-0.1, -0.05) is 15.9 Å². The third kappa shape index (κ3) is 3.95. The third-order valence-electron chi connectivity index (χ3n) is 1.82. The summed E-state index contributed by atoms with van der Waals surface area (Å²) in [4.78, 5) is 11.5. The lowest BCUT2D eigenvalue weighted by Crippen LogP contribution is -2.37. The van der Waals surface area contributed by atoms with Gasteiger partial charge in [0, 0.05) is 0 Å². The van der Waals surface area contributed by atoms with Crippen LogP contribution in [0, 0.1) is 6.92 Å². The number of amides is 1. The van der Waals surface area contributed by atoms with Crippen molar-refractivity contribution < 1.29 is 4.79 Å². The molecular weight excluding hydrogens is 258 g/mol. The number of rotatable bonds is 3. The Kier molecular flexibility index (Phi) is 3.79. The molecule has 1 aromatic heterocycles. The van der Waals surface area contributed by atoms with Gasteiger partial charge in [0.25, 0.3) is 0 Å². The normalized spacial score (nSPS) is 11.2. The van der Waals surface area contributed by atoms with Gasteiger partial charge in [0.15, 0.2) is 0 Å². The van der Waals surface area contributed by atoms with Crippen LogP contribution < -0.4 is 5.32 Å². The molecule has 4 nitrogen and oxygen atoms in total. The molecule has 0 unspecified atom stereocenters. The van der Waals surface area contributed by atoms with E-state index in [4.69, 9.17) is 0 Å². The van der Waals surface area contributed by atoms with Gasteiger partial charge in [0.1, 0.15) is 0 Å². The van der Waals surface area contributed by atoms with E-state index in [0.717, 1.165) is 11.4 Å². The van der Waals surface area contributed by atoms with Crippen molar-refractivity contribution in [3.8, 4) is 0 Å². The minimum Gasteiger partial charge on any atom is -0.349 e. The number of nitrogens with zero attached hydrogens (tertiary/aromatic N) is 2. The summed E-state index contributed by atoms with van der Waals surface area (Å²) in [6.45, 7) is 5.87. The summed E-state index contributed by atoms with van der Waals surface area (Å²) < 4.78 is -0.550. The molecule has 1 heterocycles. The summed E-state index contributed by atoms with van der Waals surface area (Å²) in [5, 5.41) is 10.6. The van der Waals surface area contributed by atoms with Crippen LogP contribution in [-0.4, -0.2) is 20.4 Å². The monoisotopic (exact) mass is 271 g/mol. The Hall–Kier alpha value is -0.970. The van der Waals surface area contributed by atoms with Crippen LogP contribution >= 0.6 is 15.9 Å². The topological polar surface area (TPSA) is 54.9 Å². The lowest BCUT2D eigenvalue weighted by molar-refractivity contribution is -0.122.